The molecule has 0 atom stereocenters. The van der Waals surface area contributed by atoms with E-state index < -0.39 is 5.97 Å². The third-order valence-corrected chi connectivity index (χ3v) is 3.62. The fraction of sp³-hybridized carbons (Fsp3) is 0.429. The number of carboxylic acids is 1. The van der Waals surface area contributed by atoms with Gasteiger partial charge >= 0.3 is 5.97 Å². The largest absolute Gasteiger partial charge is 0.490 e. The second-order valence-electron chi connectivity index (χ2n) is 4.79. The van der Waals surface area contributed by atoms with Crippen LogP contribution in [0, 0.1) is 0 Å². The van der Waals surface area contributed by atoms with E-state index in [4.69, 9.17) is 21.4 Å². The fourth-order valence-electron chi connectivity index (χ4n) is 2.25. The first-order valence-electron chi connectivity index (χ1n) is 6.44. The van der Waals surface area contributed by atoms with Crippen molar-refractivity contribution in [2.45, 2.75) is 18.9 Å². The average Bonchev–Trinajstić information content (AvgIpc) is 2.41. The minimum atomic E-state index is -0.805. The molecule has 0 aromatic heterocycles. The predicted molar refractivity (Wildman–Crippen MR) is 74.6 cm³/mol. The van der Waals surface area contributed by atoms with E-state index in [0.717, 1.165) is 12.8 Å². The standard InChI is InChI=1S/C14H16ClNO4/c15-13-7-12(2-1-10(13)9-17)20-11-3-5-16(6-4-11)8-14(18)19/h1-2,7,9,11H,3-6,8H2,(H,18,19). The summed E-state index contributed by atoms with van der Waals surface area (Å²) in [5.74, 6) is -0.169. The van der Waals surface area contributed by atoms with Gasteiger partial charge in [0, 0.05) is 18.7 Å². The molecule has 6 heteroatoms. The third kappa shape index (κ3) is 3.95. The van der Waals surface area contributed by atoms with Gasteiger partial charge < -0.3 is 9.84 Å². The zero-order valence-electron chi connectivity index (χ0n) is 10.9. The van der Waals surface area contributed by atoms with Crippen LogP contribution in [0.4, 0.5) is 0 Å². The minimum absolute atomic E-state index is 0.0539. The van der Waals surface area contributed by atoms with E-state index >= 15 is 0 Å². The number of halogens is 1. The van der Waals surface area contributed by atoms with Gasteiger partial charge in [0.15, 0.2) is 6.29 Å². The maximum absolute atomic E-state index is 10.7. The normalized spacial score (nSPS) is 16.9. The lowest BCUT2D eigenvalue weighted by Gasteiger charge is -2.31. The van der Waals surface area contributed by atoms with Crippen molar-refractivity contribution in [3.8, 4) is 5.75 Å². The summed E-state index contributed by atoms with van der Waals surface area (Å²) >= 11 is 5.94. The van der Waals surface area contributed by atoms with Gasteiger partial charge in [-0.3, -0.25) is 14.5 Å². The number of carboxylic acid groups (broad SMARTS) is 1. The molecule has 1 heterocycles. The molecular weight excluding hydrogens is 282 g/mol. The SMILES string of the molecule is O=Cc1ccc(OC2CCN(CC(=O)O)CC2)cc1Cl. The molecule has 1 aromatic carbocycles. The Bertz CT molecular complexity index is 498. The summed E-state index contributed by atoms with van der Waals surface area (Å²) in [7, 11) is 0. The lowest BCUT2D eigenvalue weighted by atomic mass is 10.1. The first kappa shape index (κ1) is 14.8. The summed E-state index contributed by atoms with van der Waals surface area (Å²) < 4.78 is 5.81. The van der Waals surface area contributed by atoms with Gasteiger partial charge in [0.1, 0.15) is 11.9 Å². The quantitative estimate of drug-likeness (QED) is 0.843. The Morgan fingerprint density at radius 1 is 1.45 bits per heavy atom. The summed E-state index contributed by atoms with van der Waals surface area (Å²) in [5, 5.41) is 9.11. The lowest BCUT2D eigenvalue weighted by molar-refractivity contribution is -0.138. The fourth-order valence-corrected chi connectivity index (χ4v) is 2.46. The summed E-state index contributed by atoms with van der Waals surface area (Å²) in [4.78, 5) is 23.2. The molecule has 1 saturated heterocycles. The van der Waals surface area contributed by atoms with Crippen molar-refractivity contribution in [1.82, 2.24) is 4.90 Å². The van der Waals surface area contributed by atoms with Crippen molar-refractivity contribution in [2.75, 3.05) is 19.6 Å². The molecule has 2 rings (SSSR count). The van der Waals surface area contributed by atoms with Gasteiger partial charge in [-0.15, -0.1) is 0 Å². The highest BCUT2D eigenvalue weighted by Gasteiger charge is 2.21. The predicted octanol–water partition coefficient (Wildman–Crippen LogP) is 2.08. The molecule has 0 aliphatic carbocycles. The van der Waals surface area contributed by atoms with E-state index in [0.29, 0.717) is 35.7 Å². The zero-order chi connectivity index (χ0) is 14.5. The van der Waals surface area contributed by atoms with Gasteiger partial charge in [0.05, 0.1) is 11.6 Å². The van der Waals surface area contributed by atoms with E-state index in [1.165, 1.54) is 0 Å². The number of ether oxygens (including phenoxy) is 1. The van der Waals surface area contributed by atoms with Gasteiger partial charge in [-0.25, -0.2) is 0 Å². The second-order valence-corrected chi connectivity index (χ2v) is 5.20. The number of nitrogens with zero attached hydrogens (tertiary/aromatic N) is 1. The van der Waals surface area contributed by atoms with Crippen molar-refractivity contribution in [3.05, 3.63) is 28.8 Å². The van der Waals surface area contributed by atoms with Crippen LogP contribution in [-0.2, 0) is 4.79 Å². The molecule has 0 saturated carbocycles. The first-order chi connectivity index (χ1) is 9.58. The third-order valence-electron chi connectivity index (χ3n) is 3.30. The van der Waals surface area contributed by atoms with Gasteiger partial charge in [-0.05, 0) is 31.0 Å². The zero-order valence-corrected chi connectivity index (χ0v) is 11.7. The maximum Gasteiger partial charge on any atom is 0.317 e. The Kier molecular flexibility index (Phi) is 4.98. The minimum Gasteiger partial charge on any atom is -0.490 e. The van der Waals surface area contributed by atoms with Crippen LogP contribution in [0.5, 0.6) is 5.75 Å². The molecule has 1 aromatic rings. The molecule has 1 N–H and O–H groups in total. The van der Waals surface area contributed by atoms with E-state index in [1.54, 1.807) is 18.2 Å². The molecule has 1 aliphatic heterocycles. The van der Waals surface area contributed by atoms with Crippen LogP contribution in [0.1, 0.15) is 23.2 Å². The highest BCUT2D eigenvalue weighted by molar-refractivity contribution is 6.33. The smallest absolute Gasteiger partial charge is 0.317 e. The van der Waals surface area contributed by atoms with Crippen LogP contribution < -0.4 is 4.74 Å². The monoisotopic (exact) mass is 297 g/mol. The second kappa shape index (κ2) is 6.72. The number of hydrogen-bond donors (Lipinski definition) is 1. The van der Waals surface area contributed by atoms with Gasteiger partial charge in [-0.1, -0.05) is 11.6 Å². The summed E-state index contributed by atoms with van der Waals surface area (Å²) in [6.45, 7) is 1.49. The van der Waals surface area contributed by atoms with E-state index in [9.17, 15) is 9.59 Å². The Morgan fingerprint density at radius 2 is 2.15 bits per heavy atom. The number of benzene rings is 1. The van der Waals surface area contributed by atoms with Crippen molar-refractivity contribution >= 4 is 23.9 Å². The molecule has 1 aliphatic rings. The number of aldehydes is 1. The molecule has 1 fully saturated rings. The topological polar surface area (TPSA) is 66.8 Å². The Labute approximate surface area is 122 Å². The van der Waals surface area contributed by atoms with Crippen LogP contribution in [0.2, 0.25) is 5.02 Å². The van der Waals surface area contributed by atoms with Crippen molar-refractivity contribution in [1.29, 1.82) is 0 Å². The van der Waals surface area contributed by atoms with Crippen LogP contribution in [0.15, 0.2) is 18.2 Å². The molecule has 0 bridgehead atoms. The van der Waals surface area contributed by atoms with Crippen LogP contribution in [0.3, 0.4) is 0 Å². The van der Waals surface area contributed by atoms with Gasteiger partial charge in [-0.2, -0.15) is 0 Å². The van der Waals surface area contributed by atoms with Gasteiger partial charge in [0.2, 0.25) is 0 Å². The van der Waals surface area contributed by atoms with Crippen molar-refractivity contribution in [2.24, 2.45) is 0 Å². The van der Waals surface area contributed by atoms with E-state index in [-0.39, 0.29) is 12.6 Å². The van der Waals surface area contributed by atoms with Crippen LogP contribution >= 0.6 is 11.6 Å². The molecular formula is C14H16ClNO4. The van der Waals surface area contributed by atoms with Crippen molar-refractivity contribution < 1.29 is 19.4 Å². The molecule has 0 radical (unpaired) electrons. The maximum atomic E-state index is 10.7. The molecule has 0 amide bonds. The van der Waals surface area contributed by atoms with Crippen molar-refractivity contribution in [3.63, 3.8) is 0 Å². The molecule has 0 spiro atoms. The lowest BCUT2D eigenvalue weighted by Crippen LogP contribution is -2.40. The average molecular weight is 298 g/mol. The number of hydrogen-bond acceptors (Lipinski definition) is 4. The number of rotatable bonds is 5. The van der Waals surface area contributed by atoms with Gasteiger partial charge in [0.25, 0.3) is 0 Å². The summed E-state index contributed by atoms with van der Waals surface area (Å²) in [5.41, 5.74) is 0.440. The Balaban J connectivity index is 1.87. The molecule has 108 valence electrons. The Morgan fingerprint density at radius 3 is 2.70 bits per heavy atom. The number of carbonyl (C=O) groups excluding carboxylic acids is 1. The number of likely N-dealkylation sites (tertiary alicyclic amines) is 1. The van der Waals surface area contributed by atoms with Crippen LogP contribution in [0.25, 0.3) is 0 Å². The number of carbonyl (C=O) groups is 2. The summed E-state index contributed by atoms with van der Waals surface area (Å²) in [6.07, 6.45) is 2.31. The molecule has 20 heavy (non-hydrogen) atoms. The molecule has 0 unspecified atom stereocenters. The highest BCUT2D eigenvalue weighted by Crippen LogP contribution is 2.24. The number of aliphatic carboxylic acids is 1. The summed E-state index contributed by atoms with van der Waals surface area (Å²) in [6, 6.07) is 4.98. The Hall–Kier alpha value is -1.59. The highest BCUT2D eigenvalue weighted by atomic mass is 35.5. The van der Waals surface area contributed by atoms with E-state index in [2.05, 4.69) is 0 Å². The molecule has 5 nitrogen and oxygen atoms in total. The first-order valence-corrected chi connectivity index (χ1v) is 6.82. The number of piperidine rings is 1. The van der Waals surface area contributed by atoms with E-state index in [1.807, 2.05) is 4.90 Å². The van der Waals surface area contributed by atoms with Crippen LogP contribution in [-0.4, -0.2) is 48.0 Å².